The van der Waals surface area contributed by atoms with Crippen molar-refractivity contribution in [1.82, 2.24) is 16.0 Å². The summed E-state index contributed by atoms with van der Waals surface area (Å²) in [6, 6.07) is -5.61. The maximum Gasteiger partial charge on any atom is 0.326 e. The lowest BCUT2D eigenvalue weighted by molar-refractivity contribution is -0.143. The number of carbonyl (C=O) groups is 7. The van der Waals surface area contributed by atoms with Crippen LogP contribution in [0.1, 0.15) is 52.4 Å². The molecule has 0 bridgehead atoms. The van der Waals surface area contributed by atoms with Crippen LogP contribution < -0.4 is 33.2 Å². The van der Waals surface area contributed by atoms with E-state index in [1.165, 1.54) is 0 Å². The number of carbonyl (C=O) groups excluding carboxylic acids is 5. The van der Waals surface area contributed by atoms with Gasteiger partial charge in [-0.25, -0.2) is 4.79 Å². The zero-order valence-corrected chi connectivity index (χ0v) is 19.6. The van der Waals surface area contributed by atoms with E-state index in [-0.39, 0.29) is 18.8 Å². The van der Waals surface area contributed by atoms with Crippen molar-refractivity contribution in [2.75, 3.05) is 0 Å². The maximum absolute atomic E-state index is 12.8. The Hall–Kier alpha value is -3.75. The Morgan fingerprint density at radius 3 is 1.69 bits per heavy atom. The average molecular weight is 503 g/mol. The Labute approximate surface area is 201 Å². The molecule has 0 heterocycles. The lowest BCUT2D eigenvalue weighted by Gasteiger charge is -2.25. The predicted molar refractivity (Wildman–Crippen MR) is 120 cm³/mol. The molecule has 198 valence electrons. The van der Waals surface area contributed by atoms with Gasteiger partial charge in [0, 0.05) is 12.8 Å². The summed E-state index contributed by atoms with van der Waals surface area (Å²) >= 11 is 0. The molecule has 0 aliphatic carbocycles. The van der Waals surface area contributed by atoms with Gasteiger partial charge in [-0.15, -0.1) is 0 Å². The molecule has 15 heteroatoms. The second-order valence-electron chi connectivity index (χ2n) is 8.04. The van der Waals surface area contributed by atoms with E-state index in [1.54, 1.807) is 6.92 Å². The van der Waals surface area contributed by atoms with E-state index >= 15 is 0 Å². The standard InChI is InChI=1S/C20H34N6O9/c1-3-9(2)16(23)19(33)24-10(4-6-13(21)27)17(31)26-12(8-14(22)28)18(32)25-11(20(34)35)5-7-15(29)30/h9-12,16H,3-8,23H2,1-2H3,(H2,21,27)(H2,22,28)(H,24,33)(H,25,32)(H,26,31)(H,29,30)(H,34,35). The molecule has 0 rings (SSSR count). The number of carboxylic acids is 2. The van der Waals surface area contributed by atoms with E-state index in [2.05, 4.69) is 10.6 Å². The van der Waals surface area contributed by atoms with Crippen molar-refractivity contribution in [2.45, 2.75) is 76.5 Å². The SMILES string of the molecule is CCC(C)C(N)C(=O)NC(CCC(N)=O)C(=O)NC(CC(N)=O)C(=O)NC(CCC(=O)O)C(=O)O. The van der Waals surface area contributed by atoms with Gasteiger partial charge in [0.15, 0.2) is 0 Å². The molecule has 0 fully saturated rings. The number of hydrogen-bond acceptors (Lipinski definition) is 8. The highest BCUT2D eigenvalue weighted by molar-refractivity contribution is 5.96. The summed E-state index contributed by atoms with van der Waals surface area (Å²) in [6.07, 6.45) is -1.74. The molecule has 5 unspecified atom stereocenters. The third-order valence-corrected chi connectivity index (χ3v) is 5.17. The molecule has 5 atom stereocenters. The van der Waals surface area contributed by atoms with Gasteiger partial charge < -0.3 is 43.4 Å². The molecule has 0 aliphatic heterocycles. The van der Waals surface area contributed by atoms with Gasteiger partial charge in [0.05, 0.1) is 12.5 Å². The molecule has 0 aromatic rings. The fourth-order valence-corrected chi connectivity index (χ4v) is 2.82. The Bertz CT molecular complexity index is 819. The first kappa shape index (κ1) is 31.2. The molecule has 0 aromatic heterocycles. The van der Waals surface area contributed by atoms with Crippen LogP contribution >= 0.6 is 0 Å². The summed E-state index contributed by atoms with van der Waals surface area (Å²) in [5.41, 5.74) is 16.1. The lowest BCUT2D eigenvalue weighted by Crippen LogP contribution is -2.58. The number of nitrogens with two attached hydrogens (primary N) is 3. The first-order valence-corrected chi connectivity index (χ1v) is 10.9. The molecule has 0 aromatic carbocycles. The predicted octanol–water partition coefficient (Wildman–Crippen LogP) is -3.10. The van der Waals surface area contributed by atoms with E-state index in [0.717, 1.165) is 0 Å². The average Bonchev–Trinajstić information content (AvgIpc) is 2.76. The molecule has 0 aliphatic rings. The van der Waals surface area contributed by atoms with Gasteiger partial charge in [-0.1, -0.05) is 20.3 Å². The Kier molecular flexibility index (Phi) is 13.6. The van der Waals surface area contributed by atoms with Crippen molar-refractivity contribution in [3.8, 4) is 0 Å². The molecule has 0 saturated carbocycles. The van der Waals surface area contributed by atoms with Gasteiger partial charge in [0.1, 0.15) is 18.1 Å². The van der Waals surface area contributed by atoms with Gasteiger partial charge in [-0.3, -0.25) is 28.8 Å². The van der Waals surface area contributed by atoms with Crippen LogP contribution in [0.3, 0.4) is 0 Å². The van der Waals surface area contributed by atoms with Crippen molar-refractivity contribution < 1.29 is 43.8 Å². The molecule has 0 radical (unpaired) electrons. The van der Waals surface area contributed by atoms with Crippen molar-refractivity contribution in [2.24, 2.45) is 23.1 Å². The monoisotopic (exact) mass is 502 g/mol. The largest absolute Gasteiger partial charge is 0.481 e. The first-order chi connectivity index (χ1) is 16.2. The second kappa shape index (κ2) is 15.2. The van der Waals surface area contributed by atoms with Crippen molar-refractivity contribution in [3.63, 3.8) is 0 Å². The van der Waals surface area contributed by atoms with Crippen LogP contribution in [0.5, 0.6) is 0 Å². The van der Waals surface area contributed by atoms with E-state index in [0.29, 0.717) is 6.42 Å². The molecule has 11 N–H and O–H groups in total. The van der Waals surface area contributed by atoms with E-state index in [9.17, 15) is 38.7 Å². The number of carboxylic acid groups (broad SMARTS) is 2. The van der Waals surface area contributed by atoms with Gasteiger partial charge in [0.25, 0.3) is 0 Å². The maximum atomic E-state index is 12.8. The third-order valence-electron chi connectivity index (χ3n) is 5.17. The summed E-state index contributed by atoms with van der Waals surface area (Å²) in [7, 11) is 0. The van der Waals surface area contributed by atoms with Crippen LogP contribution in [0.2, 0.25) is 0 Å². The summed E-state index contributed by atoms with van der Waals surface area (Å²) in [5, 5.41) is 24.6. The van der Waals surface area contributed by atoms with E-state index in [1.807, 2.05) is 12.2 Å². The highest BCUT2D eigenvalue weighted by Crippen LogP contribution is 2.08. The van der Waals surface area contributed by atoms with Crippen LogP contribution in [0, 0.1) is 5.92 Å². The Morgan fingerprint density at radius 1 is 0.743 bits per heavy atom. The van der Waals surface area contributed by atoms with E-state index in [4.69, 9.17) is 22.3 Å². The fraction of sp³-hybridized carbons (Fsp3) is 0.650. The van der Waals surface area contributed by atoms with Crippen LogP contribution in [0.15, 0.2) is 0 Å². The van der Waals surface area contributed by atoms with Crippen molar-refractivity contribution in [1.29, 1.82) is 0 Å². The molecular weight excluding hydrogens is 468 g/mol. The number of nitrogens with one attached hydrogen (secondary N) is 3. The number of hydrogen-bond donors (Lipinski definition) is 8. The Morgan fingerprint density at radius 2 is 1.23 bits per heavy atom. The van der Waals surface area contributed by atoms with Crippen LogP contribution in [-0.4, -0.2) is 75.9 Å². The summed E-state index contributed by atoms with van der Waals surface area (Å²) in [5.74, 6) is -7.63. The number of rotatable bonds is 17. The number of amides is 5. The molecule has 15 nitrogen and oxygen atoms in total. The zero-order chi connectivity index (χ0) is 27.3. The van der Waals surface area contributed by atoms with Crippen LogP contribution in [0.25, 0.3) is 0 Å². The molecular formula is C20H34N6O9. The topological polar surface area (TPSA) is 274 Å². The Balaban J connectivity index is 5.63. The quantitative estimate of drug-likeness (QED) is 0.0991. The molecule has 5 amide bonds. The molecule has 0 spiro atoms. The smallest absolute Gasteiger partial charge is 0.326 e. The van der Waals surface area contributed by atoms with Gasteiger partial charge in [-0.05, 0) is 18.8 Å². The zero-order valence-electron chi connectivity index (χ0n) is 19.6. The second-order valence-corrected chi connectivity index (χ2v) is 8.04. The molecule has 35 heavy (non-hydrogen) atoms. The normalized spacial score (nSPS) is 14.9. The lowest BCUT2D eigenvalue weighted by atomic mass is 9.98. The van der Waals surface area contributed by atoms with Gasteiger partial charge in [0.2, 0.25) is 29.5 Å². The summed E-state index contributed by atoms with van der Waals surface area (Å²) in [4.78, 5) is 82.6. The fourth-order valence-electron chi connectivity index (χ4n) is 2.82. The third kappa shape index (κ3) is 12.3. The van der Waals surface area contributed by atoms with E-state index < -0.39 is 84.9 Å². The van der Waals surface area contributed by atoms with Gasteiger partial charge in [-0.2, -0.15) is 0 Å². The van der Waals surface area contributed by atoms with Crippen molar-refractivity contribution >= 4 is 41.5 Å². The minimum Gasteiger partial charge on any atom is -0.481 e. The summed E-state index contributed by atoms with van der Waals surface area (Å²) in [6.45, 7) is 3.53. The van der Waals surface area contributed by atoms with Crippen molar-refractivity contribution in [3.05, 3.63) is 0 Å². The highest BCUT2D eigenvalue weighted by Gasteiger charge is 2.32. The molecule has 0 saturated heterocycles. The van der Waals surface area contributed by atoms with Gasteiger partial charge >= 0.3 is 11.9 Å². The van der Waals surface area contributed by atoms with Crippen LogP contribution in [-0.2, 0) is 33.6 Å². The number of aliphatic carboxylic acids is 2. The number of primary amides is 2. The minimum atomic E-state index is -1.65. The minimum absolute atomic E-state index is 0.234. The van der Waals surface area contributed by atoms with Crippen LogP contribution in [0.4, 0.5) is 0 Å². The first-order valence-electron chi connectivity index (χ1n) is 10.9. The highest BCUT2D eigenvalue weighted by atomic mass is 16.4. The summed E-state index contributed by atoms with van der Waals surface area (Å²) < 4.78 is 0.